The third kappa shape index (κ3) is 4.07. The Labute approximate surface area is 138 Å². The first-order valence-corrected chi connectivity index (χ1v) is 7.45. The van der Waals surface area contributed by atoms with Gasteiger partial charge in [0, 0.05) is 12.1 Å². The van der Waals surface area contributed by atoms with E-state index in [1.165, 1.54) is 12.1 Å². The topological polar surface area (TPSA) is 83.0 Å². The molecule has 0 fully saturated rings. The number of nitrogens with zero attached hydrogens (tertiary/aromatic N) is 1. The molecule has 0 atom stereocenters. The predicted octanol–water partition coefficient (Wildman–Crippen LogP) is 2.68. The molecule has 0 radical (unpaired) electrons. The molecule has 0 aliphatic rings. The minimum absolute atomic E-state index is 0.00360. The maximum atomic E-state index is 13.1. The van der Waals surface area contributed by atoms with Gasteiger partial charge in [-0.25, -0.2) is 4.39 Å². The van der Waals surface area contributed by atoms with E-state index in [-0.39, 0.29) is 24.4 Å². The largest absolute Gasteiger partial charge is 0.461 e. The number of carbonyl (C=O) groups excluding carboxylic acids is 1. The number of aromatic amines is 1. The molecule has 0 saturated heterocycles. The summed E-state index contributed by atoms with van der Waals surface area (Å²) in [7, 11) is 0. The van der Waals surface area contributed by atoms with E-state index in [0.717, 1.165) is 5.56 Å². The molecule has 0 amide bonds. The molecule has 24 heavy (non-hydrogen) atoms. The SMILES string of the molecule is Cc1[nH]c(=O)c(C#N)c(C)c1CCC(=O)OCc1cccc(F)c1. The number of esters is 1. The zero-order chi connectivity index (χ0) is 17.7. The van der Waals surface area contributed by atoms with Gasteiger partial charge in [0.15, 0.2) is 0 Å². The van der Waals surface area contributed by atoms with Crippen LogP contribution in [0.15, 0.2) is 29.1 Å². The Hall–Kier alpha value is -2.94. The third-order valence-electron chi connectivity index (χ3n) is 3.79. The van der Waals surface area contributed by atoms with E-state index in [9.17, 15) is 14.0 Å². The molecule has 0 spiro atoms. The lowest BCUT2D eigenvalue weighted by Gasteiger charge is -2.10. The van der Waals surface area contributed by atoms with Crippen LogP contribution >= 0.6 is 0 Å². The Morgan fingerprint density at radius 3 is 2.79 bits per heavy atom. The number of halogens is 1. The molecule has 0 aliphatic heterocycles. The first-order valence-electron chi connectivity index (χ1n) is 7.45. The summed E-state index contributed by atoms with van der Waals surface area (Å²) in [6.45, 7) is 3.42. The highest BCUT2D eigenvalue weighted by atomic mass is 19.1. The first kappa shape index (κ1) is 17.4. The van der Waals surface area contributed by atoms with Gasteiger partial charge in [0.2, 0.25) is 0 Å². The second-order valence-electron chi connectivity index (χ2n) is 5.46. The molecule has 1 N–H and O–H groups in total. The smallest absolute Gasteiger partial charge is 0.306 e. The Morgan fingerprint density at radius 1 is 1.38 bits per heavy atom. The molecule has 124 valence electrons. The van der Waals surface area contributed by atoms with Crippen molar-refractivity contribution in [1.82, 2.24) is 4.98 Å². The van der Waals surface area contributed by atoms with Crippen molar-refractivity contribution < 1.29 is 13.9 Å². The van der Waals surface area contributed by atoms with Crippen molar-refractivity contribution >= 4 is 5.97 Å². The number of ether oxygens (including phenoxy) is 1. The highest BCUT2D eigenvalue weighted by Gasteiger charge is 2.14. The van der Waals surface area contributed by atoms with Crippen LogP contribution in [0.3, 0.4) is 0 Å². The number of hydrogen-bond acceptors (Lipinski definition) is 4. The van der Waals surface area contributed by atoms with E-state index in [1.807, 2.05) is 6.07 Å². The lowest BCUT2D eigenvalue weighted by atomic mass is 9.99. The Balaban J connectivity index is 2.00. The van der Waals surface area contributed by atoms with Gasteiger partial charge < -0.3 is 9.72 Å². The van der Waals surface area contributed by atoms with Crippen molar-refractivity contribution in [1.29, 1.82) is 5.26 Å². The van der Waals surface area contributed by atoms with Gasteiger partial charge >= 0.3 is 5.97 Å². The van der Waals surface area contributed by atoms with Crippen LogP contribution in [0, 0.1) is 31.0 Å². The fourth-order valence-electron chi connectivity index (χ4n) is 2.51. The number of hydrogen-bond donors (Lipinski definition) is 1. The van der Waals surface area contributed by atoms with Gasteiger partial charge in [-0.3, -0.25) is 9.59 Å². The monoisotopic (exact) mass is 328 g/mol. The predicted molar refractivity (Wildman–Crippen MR) is 85.8 cm³/mol. The molecular formula is C18H17FN2O3. The summed E-state index contributed by atoms with van der Waals surface area (Å²) in [5.41, 5.74) is 2.18. The minimum Gasteiger partial charge on any atom is -0.461 e. The lowest BCUT2D eigenvalue weighted by molar-refractivity contribution is -0.144. The molecule has 6 heteroatoms. The zero-order valence-corrected chi connectivity index (χ0v) is 13.5. The summed E-state index contributed by atoms with van der Waals surface area (Å²) in [5.74, 6) is -0.810. The molecule has 1 heterocycles. The molecule has 0 bridgehead atoms. The number of aryl methyl sites for hydroxylation is 1. The van der Waals surface area contributed by atoms with Crippen molar-refractivity contribution in [3.8, 4) is 6.07 Å². The number of rotatable bonds is 5. The van der Waals surface area contributed by atoms with Crippen LogP contribution in [0.1, 0.15) is 34.4 Å². The first-order chi connectivity index (χ1) is 11.4. The summed E-state index contributed by atoms with van der Waals surface area (Å²) >= 11 is 0. The van der Waals surface area contributed by atoms with Crippen molar-refractivity contribution in [3.63, 3.8) is 0 Å². The van der Waals surface area contributed by atoms with Gasteiger partial charge in [0.25, 0.3) is 5.56 Å². The maximum absolute atomic E-state index is 13.1. The number of benzene rings is 1. The van der Waals surface area contributed by atoms with Gasteiger partial charge in [-0.2, -0.15) is 5.26 Å². The van der Waals surface area contributed by atoms with Crippen LogP contribution in [0.25, 0.3) is 0 Å². The van der Waals surface area contributed by atoms with Crippen LogP contribution in [-0.2, 0) is 22.6 Å². The van der Waals surface area contributed by atoms with Crippen molar-refractivity contribution in [2.75, 3.05) is 0 Å². The standard InChI is InChI=1S/C18H17FN2O3/c1-11-15(12(2)21-18(23)16(11)9-20)6-7-17(22)24-10-13-4-3-5-14(19)8-13/h3-5,8H,6-7,10H2,1-2H3,(H,21,23). The number of pyridine rings is 1. The van der Waals surface area contributed by atoms with Gasteiger partial charge in [-0.05, 0) is 49.1 Å². The second kappa shape index (κ2) is 7.55. The average Bonchev–Trinajstić information content (AvgIpc) is 2.53. The van der Waals surface area contributed by atoms with E-state index in [1.54, 1.807) is 26.0 Å². The molecule has 2 rings (SSSR count). The van der Waals surface area contributed by atoms with Crippen LogP contribution in [-0.4, -0.2) is 11.0 Å². The molecule has 1 aromatic carbocycles. The van der Waals surface area contributed by atoms with E-state index in [0.29, 0.717) is 23.2 Å². The number of carbonyl (C=O) groups is 1. The molecule has 0 aliphatic carbocycles. The van der Waals surface area contributed by atoms with Gasteiger partial charge in [0.05, 0.1) is 0 Å². The summed E-state index contributed by atoms with van der Waals surface area (Å²) in [5, 5.41) is 9.03. The van der Waals surface area contributed by atoms with Gasteiger partial charge in [0.1, 0.15) is 24.1 Å². The van der Waals surface area contributed by atoms with Crippen molar-refractivity contribution in [2.24, 2.45) is 0 Å². The number of aromatic nitrogens is 1. The van der Waals surface area contributed by atoms with E-state index in [4.69, 9.17) is 10.00 Å². The minimum atomic E-state index is -0.428. The highest BCUT2D eigenvalue weighted by molar-refractivity contribution is 5.70. The Bertz CT molecular complexity index is 866. The normalized spacial score (nSPS) is 10.2. The summed E-state index contributed by atoms with van der Waals surface area (Å²) in [6, 6.07) is 7.73. The quantitative estimate of drug-likeness (QED) is 0.855. The fourth-order valence-corrected chi connectivity index (χ4v) is 2.51. The molecule has 2 aromatic rings. The summed E-state index contributed by atoms with van der Waals surface area (Å²) in [4.78, 5) is 26.1. The van der Waals surface area contributed by atoms with E-state index < -0.39 is 11.5 Å². The molecular weight excluding hydrogens is 311 g/mol. The molecule has 1 aromatic heterocycles. The highest BCUT2D eigenvalue weighted by Crippen LogP contribution is 2.15. The van der Waals surface area contributed by atoms with Crippen molar-refractivity contribution in [3.05, 3.63) is 68.4 Å². The van der Waals surface area contributed by atoms with E-state index in [2.05, 4.69) is 4.98 Å². The average molecular weight is 328 g/mol. The Kier molecular flexibility index (Phi) is 5.48. The van der Waals surface area contributed by atoms with Gasteiger partial charge in [-0.1, -0.05) is 12.1 Å². The molecule has 5 nitrogen and oxygen atoms in total. The third-order valence-corrected chi connectivity index (χ3v) is 3.79. The maximum Gasteiger partial charge on any atom is 0.306 e. The van der Waals surface area contributed by atoms with Crippen LogP contribution in [0.4, 0.5) is 4.39 Å². The number of nitrogens with one attached hydrogen (secondary N) is 1. The number of H-pyrrole nitrogens is 1. The number of nitriles is 1. The molecule has 0 saturated carbocycles. The Morgan fingerprint density at radius 2 is 2.12 bits per heavy atom. The fraction of sp³-hybridized carbons (Fsp3) is 0.278. The van der Waals surface area contributed by atoms with Crippen LogP contribution in [0.5, 0.6) is 0 Å². The second-order valence-corrected chi connectivity index (χ2v) is 5.46. The van der Waals surface area contributed by atoms with Crippen LogP contribution in [0.2, 0.25) is 0 Å². The molecule has 0 unspecified atom stereocenters. The zero-order valence-electron chi connectivity index (χ0n) is 13.5. The summed E-state index contributed by atoms with van der Waals surface area (Å²) < 4.78 is 18.2. The van der Waals surface area contributed by atoms with Crippen molar-refractivity contribution in [2.45, 2.75) is 33.3 Å². The summed E-state index contributed by atoms with van der Waals surface area (Å²) in [6.07, 6.45) is 0.457. The van der Waals surface area contributed by atoms with Crippen LogP contribution < -0.4 is 5.56 Å². The van der Waals surface area contributed by atoms with Gasteiger partial charge in [-0.15, -0.1) is 0 Å². The lowest BCUT2D eigenvalue weighted by Crippen LogP contribution is -2.17. The van der Waals surface area contributed by atoms with E-state index >= 15 is 0 Å².